The maximum Gasteiger partial charge on any atom is 0.401 e. The van der Waals surface area contributed by atoms with Gasteiger partial charge in [0.2, 0.25) is 0 Å². The first-order valence-corrected chi connectivity index (χ1v) is 10.4. The summed E-state index contributed by atoms with van der Waals surface area (Å²) in [7, 11) is 1.52. The van der Waals surface area contributed by atoms with Crippen molar-refractivity contribution in [3.05, 3.63) is 76.6 Å². The van der Waals surface area contributed by atoms with Crippen molar-refractivity contribution in [2.75, 3.05) is 19.0 Å². The monoisotopic (exact) mass is 493 g/mol. The van der Waals surface area contributed by atoms with Gasteiger partial charge in [0.25, 0.3) is 5.56 Å². The molecule has 2 N–H and O–H groups in total. The van der Waals surface area contributed by atoms with E-state index in [1.54, 1.807) is 36.4 Å². The Bertz CT molecular complexity index is 1270. The third-order valence-electron chi connectivity index (χ3n) is 5.23. The van der Waals surface area contributed by atoms with Gasteiger partial charge in [0.05, 0.1) is 25.5 Å². The molecule has 2 aromatic carbocycles. The number of anilines is 1. The van der Waals surface area contributed by atoms with E-state index < -0.39 is 31.1 Å². The first-order chi connectivity index (χ1) is 16.6. The van der Waals surface area contributed by atoms with Crippen molar-refractivity contribution in [1.29, 1.82) is 0 Å². The number of aromatic nitrogens is 1. The summed E-state index contributed by atoms with van der Waals surface area (Å²) in [6.45, 7) is -4.25. The van der Waals surface area contributed by atoms with E-state index >= 15 is 0 Å². The fourth-order valence-corrected chi connectivity index (χ4v) is 3.65. The Hall–Kier alpha value is -3.86. The van der Waals surface area contributed by atoms with Crippen molar-refractivity contribution in [1.82, 2.24) is 9.88 Å². The summed E-state index contributed by atoms with van der Waals surface area (Å²) >= 11 is 0. The van der Waals surface area contributed by atoms with Crippen LogP contribution < -0.4 is 25.7 Å². The average molecular weight is 493 g/mol. The van der Waals surface area contributed by atoms with E-state index in [2.05, 4.69) is 15.4 Å². The highest BCUT2D eigenvalue weighted by Crippen LogP contribution is 2.30. The topological polar surface area (TPSA) is 64.5 Å². The SMILES string of the molecule is COc1ccc(-c2cc3c(n(-c4ccc(OC(F)F)cc4)c2=O)NC(NCC(F)(F)F)C=C3)cc1. The number of pyridine rings is 1. The van der Waals surface area contributed by atoms with E-state index in [1.165, 1.54) is 42.0 Å². The maximum atomic E-state index is 13.6. The number of nitrogens with one attached hydrogen (secondary N) is 2. The molecule has 0 fully saturated rings. The zero-order chi connectivity index (χ0) is 25.2. The third-order valence-corrected chi connectivity index (χ3v) is 5.23. The number of alkyl halides is 5. The Morgan fingerprint density at radius 1 is 1.06 bits per heavy atom. The van der Waals surface area contributed by atoms with E-state index in [4.69, 9.17) is 4.74 Å². The van der Waals surface area contributed by atoms with Gasteiger partial charge in [-0.2, -0.15) is 22.0 Å². The lowest BCUT2D eigenvalue weighted by molar-refractivity contribution is -0.125. The maximum absolute atomic E-state index is 13.6. The van der Waals surface area contributed by atoms with Gasteiger partial charge < -0.3 is 14.8 Å². The van der Waals surface area contributed by atoms with Crippen molar-refractivity contribution in [2.45, 2.75) is 19.0 Å². The number of rotatable bonds is 7. The molecule has 0 bridgehead atoms. The lowest BCUT2D eigenvalue weighted by Gasteiger charge is -2.27. The number of nitrogens with zero attached hydrogens (tertiary/aromatic N) is 1. The van der Waals surface area contributed by atoms with Gasteiger partial charge in [-0.1, -0.05) is 18.2 Å². The predicted molar refractivity (Wildman–Crippen MR) is 121 cm³/mol. The van der Waals surface area contributed by atoms with E-state index in [0.717, 1.165) is 0 Å². The first kappa shape index (κ1) is 24.3. The summed E-state index contributed by atoms with van der Waals surface area (Å²) in [5.41, 5.74) is 1.31. The molecule has 0 saturated carbocycles. The summed E-state index contributed by atoms with van der Waals surface area (Å²) in [6, 6.07) is 13.8. The smallest absolute Gasteiger partial charge is 0.401 e. The molecule has 4 rings (SSSR count). The Morgan fingerprint density at radius 2 is 1.71 bits per heavy atom. The van der Waals surface area contributed by atoms with Crippen LogP contribution in [0, 0.1) is 0 Å². The van der Waals surface area contributed by atoms with Crippen LogP contribution in [0.5, 0.6) is 11.5 Å². The standard InChI is InChI=1S/C24H20F5N3O3/c1-34-17-7-2-14(3-8-17)19-12-15-4-11-20(30-13-24(27,28)29)31-21(15)32(22(19)33)16-5-9-18(10-6-16)35-23(25)26/h2-12,20,23,30-31H,13H2,1H3. The molecule has 0 aliphatic carbocycles. The zero-order valence-corrected chi connectivity index (χ0v) is 18.3. The fourth-order valence-electron chi connectivity index (χ4n) is 3.65. The highest BCUT2D eigenvalue weighted by atomic mass is 19.4. The van der Waals surface area contributed by atoms with Gasteiger partial charge in [-0.3, -0.25) is 14.7 Å². The first-order valence-electron chi connectivity index (χ1n) is 10.4. The van der Waals surface area contributed by atoms with E-state index in [-0.39, 0.29) is 11.6 Å². The number of methoxy groups -OCH3 is 1. The van der Waals surface area contributed by atoms with E-state index in [9.17, 15) is 26.7 Å². The summed E-state index contributed by atoms with van der Waals surface area (Å²) < 4.78 is 74.0. The van der Waals surface area contributed by atoms with Crippen LogP contribution in [0.4, 0.5) is 27.8 Å². The molecule has 0 radical (unpaired) electrons. The van der Waals surface area contributed by atoms with Gasteiger partial charge in [0.1, 0.15) is 17.3 Å². The molecule has 6 nitrogen and oxygen atoms in total. The van der Waals surface area contributed by atoms with Gasteiger partial charge in [0.15, 0.2) is 0 Å². The van der Waals surface area contributed by atoms with Crippen LogP contribution in [-0.2, 0) is 0 Å². The molecule has 1 atom stereocenters. The molecular formula is C24H20F5N3O3. The normalized spacial score (nSPS) is 15.0. The average Bonchev–Trinajstić information content (AvgIpc) is 2.82. The van der Waals surface area contributed by atoms with Crippen LogP contribution in [0.3, 0.4) is 0 Å². The number of benzene rings is 2. The molecule has 1 aromatic heterocycles. The summed E-state index contributed by atoms with van der Waals surface area (Å²) in [4.78, 5) is 13.6. The van der Waals surface area contributed by atoms with Gasteiger partial charge >= 0.3 is 12.8 Å². The molecule has 0 spiro atoms. The Morgan fingerprint density at radius 3 is 2.31 bits per heavy atom. The van der Waals surface area contributed by atoms with Crippen LogP contribution in [0.25, 0.3) is 22.9 Å². The second kappa shape index (κ2) is 9.79. The number of halogens is 5. The molecule has 1 aliphatic heterocycles. The molecule has 3 aromatic rings. The molecule has 35 heavy (non-hydrogen) atoms. The van der Waals surface area contributed by atoms with Gasteiger partial charge in [0, 0.05) is 11.1 Å². The summed E-state index contributed by atoms with van der Waals surface area (Å²) in [6.07, 6.45) is -2.20. The third kappa shape index (κ3) is 5.62. The van der Waals surface area contributed by atoms with Gasteiger partial charge in [-0.05, 0) is 54.1 Å². The summed E-state index contributed by atoms with van der Waals surface area (Å²) in [5, 5.41) is 5.25. The largest absolute Gasteiger partial charge is 0.497 e. The Labute approximate surface area is 196 Å². The lowest BCUT2D eigenvalue weighted by atomic mass is 10.0. The van der Waals surface area contributed by atoms with E-state index in [0.29, 0.717) is 28.1 Å². The number of fused-ring (bicyclic) bond motifs is 1. The Kier molecular flexibility index (Phi) is 6.79. The van der Waals surface area contributed by atoms with Crippen LogP contribution in [0.2, 0.25) is 0 Å². The van der Waals surface area contributed by atoms with Crippen molar-refractivity contribution < 1.29 is 31.4 Å². The molecule has 0 saturated heterocycles. The zero-order valence-electron chi connectivity index (χ0n) is 18.3. The van der Waals surface area contributed by atoms with Crippen molar-refractivity contribution in [3.8, 4) is 28.3 Å². The number of hydrogen-bond donors (Lipinski definition) is 2. The highest BCUT2D eigenvalue weighted by Gasteiger charge is 2.29. The minimum absolute atomic E-state index is 0.102. The van der Waals surface area contributed by atoms with Crippen LogP contribution in [0.1, 0.15) is 5.56 Å². The van der Waals surface area contributed by atoms with Crippen molar-refractivity contribution >= 4 is 11.9 Å². The minimum atomic E-state index is -4.42. The number of ether oxygens (including phenoxy) is 2. The molecular weight excluding hydrogens is 473 g/mol. The highest BCUT2D eigenvalue weighted by molar-refractivity contribution is 5.76. The predicted octanol–water partition coefficient (Wildman–Crippen LogP) is 5.03. The van der Waals surface area contributed by atoms with Crippen molar-refractivity contribution in [2.24, 2.45) is 0 Å². The van der Waals surface area contributed by atoms with Crippen LogP contribution >= 0.6 is 0 Å². The molecule has 2 heterocycles. The van der Waals surface area contributed by atoms with Gasteiger partial charge in [-0.25, -0.2) is 0 Å². The van der Waals surface area contributed by atoms with Crippen LogP contribution in [0.15, 0.2) is 65.5 Å². The van der Waals surface area contributed by atoms with Crippen LogP contribution in [-0.4, -0.2) is 37.2 Å². The molecule has 184 valence electrons. The van der Waals surface area contributed by atoms with Crippen molar-refractivity contribution in [3.63, 3.8) is 0 Å². The quantitative estimate of drug-likeness (QED) is 0.452. The Balaban J connectivity index is 1.80. The van der Waals surface area contributed by atoms with Gasteiger partial charge in [-0.15, -0.1) is 0 Å². The molecule has 1 unspecified atom stereocenters. The van der Waals surface area contributed by atoms with E-state index in [1.807, 2.05) is 0 Å². The fraction of sp³-hybridized carbons (Fsp3) is 0.208. The summed E-state index contributed by atoms with van der Waals surface area (Å²) in [5.74, 6) is 0.744. The lowest BCUT2D eigenvalue weighted by Crippen LogP contribution is -2.43. The molecule has 0 amide bonds. The molecule has 1 aliphatic rings. The minimum Gasteiger partial charge on any atom is -0.497 e. The second-order valence-electron chi connectivity index (χ2n) is 7.58. The second-order valence-corrected chi connectivity index (χ2v) is 7.58. The molecule has 11 heteroatoms. The number of hydrogen-bond acceptors (Lipinski definition) is 5.